The maximum atomic E-state index is 6.81. The molecule has 4 aliphatic rings. The number of hydrogen-bond donors (Lipinski definition) is 0. The van der Waals surface area contributed by atoms with Crippen molar-refractivity contribution in [3.63, 3.8) is 0 Å². The van der Waals surface area contributed by atoms with Gasteiger partial charge in [0.15, 0.2) is 5.82 Å². The van der Waals surface area contributed by atoms with E-state index in [1.54, 1.807) is 0 Å². The molecule has 3 aromatic rings. The summed E-state index contributed by atoms with van der Waals surface area (Å²) < 4.78 is 13.3. The second-order valence-corrected chi connectivity index (χ2v) is 10.9. The number of hydrogen-bond acceptors (Lipinski definition) is 7. The lowest BCUT2D eigenvalue weighted by Crippen LogP contribution is -2.41. The third-order valence-corrected chi connectivity index (χ3v) is 8.63. The van der Waals surface area contributed by atoms with Gasteiger partial charge in [0.1, 0.15) is 11.6 Å². The number of aromatic nitrogens is 4. The second kappa shape index (κ2) is 9.56. The Bertz CT molecular complexity index is 1250. The molecule has 192 valence electrons. The molecule has 4 fully saturated rings. The summed E-state index contributed by atoms with van der Waals surface area (Å²) >= 11 is 6.81. The normalized spacial score (nSPS) is 26.7. The highest BCUT2D eigenvalue weighted by Crippen LogP contribution is 2.37. The zero-order chi connectivity index (χ0) is 23.5. The molecule has 2 bridgehead atoms. The van der Waals surface area contributed by atoms with Crippen molar-refractivity contribution in [2.24, 2.45) is 0 Å². The van der Waals surface area contributed by atoms with E-state index >= 15 is 0 Å². The van der Waals surface area contributed by atoms with Crippen molar-refractivity contribution in [3.8, 4) is 5.82 Å². The fourth-order valence-corrected chi connectivity index (χ4v) is 6.74. The van der Waals surface area contributed by atoms with Crippen molar-refractivity contribution in [3.05, 3.63) is 40.8 Å². The van der Waals surface area contributed by atoms with Crippen LogP contribution in [0.1, 0.15) is 50.4 Å². The summed E-state index contributed by atoms with van der Waals surface area (Å²) in [5, 5.41) is 6.59. The maximum Gasteiger partial charge on any atom is 0.159 e. The minimum Gasteiger partial charge on any atom is -0.380 e. The van der Waals surface area contributed by atoms with Crippen LogP contribution < -0.4 is 4.90 Å². The van der Waals surface area contributed by atoms with E-state index in [1.807, 2.05) is 17.8 Å². The Morgan fingerprint density at radius 1 is 1.00 bits per heavy atom. The summed E-state index contributed by atoms with van der Waals surface area (Å²) in [6.07, 6.45) is 6.68. The number of benzene rings is 1. The van der Waals surface area contributed by atoms with Crippen LogP contribution in [0.2, 0.25) is 5.02 Å². The fourth-order valence-electron chi connectivity index (χ4n) is 6.42. The van der Waals surface area contributed by atoms with Gasteiger partial charge >= 0.3 is 0 Å². The summed E-state index contributed by atoms with van der Waals surface area (Å²) in [5.74, 6) is 2.97. The van der Waals surface area contributed by atoms with Gasteiger partial charge in [0.05, 0.1) is 37.1 Å². The van der Waals surface area contributed by atoms with Crippen LogP contribution in [0.25, 0.3) is 16.7 Å². The summed E-state index contributed by atoms with van der Waals surface area (Å²) in [7, 11) is 0. The number of nitrogens with zero attached hydrogens (tertiary/aromatic N) is 6. The molecule has 36 heavy (non-hydrogen) atoms. The zero-order valence-electron chi connectivity index (χ0n) is 20.1. The summed E-state index contributed by atoms with van der Waals surface area (Å²) in [6, 6.07) is 7.37. The Balaban J connectivity index is 0.00000240. The van der Waals surface area contributed by atoms with E-state index in [9.17, 15) is 0 Å². The number of halogens is 1. The van der Waals surface area contributed by atoms with Gasteiger partial charge in [-0.05, 0) is 69.3 Å². The third kappa shape index (κ3) is 4.18. The van der Waals surface area contributed by atoms with Crippen LogP contribution >= 0.6 is 11.6 Å². The first-order valence-corrected chi connectivity index (χ1v) is 13.2. The van der Waals surface area contributed by atoms with Crippen LogP contribution in [0.5, 0.6) is 0 Å². The van der Waals surface area contributed by atoms with Crippen LogP contribution in [0, 0.1) is 6.92 Å². The van der Waals surface area contributed by atoms with Gasteiger partial charge in [-0.3, -0.25) is 4.90 Å². The Labute approximate surface area is 217 Å². The molecule has 4 aliphatic heterocycles. The number of ether oxygens (including phenoxy) is 2. The van der Waals surface area contributed by atoms with Gasteiger partial charge in [0, 0.05) is 35.7 Å². The number of rotatable bonds is 4. The number of fused-ring (bicyclic) bond motifs is 3. The van der Waals surface area contributed by atoms with Crippen molar-refractivity contribution < 1.29 is 9.47 Å². The van der Waals surface area contributed by atoms with Gasteiger partial charge in [-0.15, -0.1) is 0 Å². The first kappa shape index (κ1) is 24.1. The van der Waals surface area contributed by atoms with Crippen molar-refractivity contribution in [1.82, 2.24) is 24.6 Å². The fraction of sp³-hybridized carbons (Fsp3) is 0.593. The number of piperidine rings is 1. The minimum absolute atomic E-state index is 0. The molecule has 0 spiro atoms. The van der Waals surface area contributed by atoms with E-state index in [-0.39, 0.29) is 7.43 Å². The van der Waals surface area contributed by atoms with E-state index in [4.69, 9.17) is 36.1 Å². The first-order chi connectivity index (χ1) is 17.1. The number of aryl methyl sites for hydroxylation is 1. The summed E-state index contributed by atoms with van der Waals surface area (Å²) in [6.45, 7) is 7.60. The first-order valence-electron chi connectivity index (χ1n) is 12.9. The highest BCUT2D eigenvalue weighted by molar-refractivity contribution is 6.32. The molecule has 4 saturated heterocycles. The third-order valence-electron chi connectivity index (χ3n) is 8.30. The quantitative estimate of drug-likeness (QED) is 0.516. The Hall–Kier alpha value is -2.26. The van der Waals surface area contributed by atoms with E-state index in [0.29, 0.717) is 24.1 Å². The predicted molar refractivity (Wildman–Crippen MR) is 141 cm³/mol. The largest absolute Gasteiger partial charge is 0.380 e. The molecule has 3 atom stereocenters. The van der Waals surface area contributed by atoms with Crippen molar-refractivity contribution >= 4 is 28.3 Å². The number of likely N-dealkylation sites (tertiary alicyclic amines) is 1. The molecule has 9 heteroatoms. The van der Waals surface area contributed by atoms with E-state index < -0.39 is 0 Å². The van der Waals surface area contributed by atoms with Crippen LogP contribution in [-0.2, 0) is 9.47 Å². The average Bonchev–Trinajstić information content (AvgIpc) is 3.68. The van der Waals surface area contributed by atoms with Crippen LogP contribution in [-0.4, -0.2) is 82.3 Å². The van der Waals surface area contributed by atoms with E-state index in [0.717, 1.165) is 98.5 Å². The molecule has 0 saturated carbocycles. The van der Waals surface area contributed by atoms with Crippen LogP contribution in [0.4, 0.5) is 5.82 Å². The van der Waals surface area contributed by atoms with Gasteiger partial charge in [0.2, 0.25) is 0 Å². The Morgan fingerprint density at radius 2 is 1.83 bits per heavy atom. The zero-order valence-corrected chi connectivity index (χ0v) is 20.8. The lowest BCUT2D eigenvalue weighted by molar-refractivity contribution is 0.0988. The highest BCUT2D eigenvalue weighted by Gasteiger charge is 2.40. The Kier molecular flexibility index (Phi) is 6.40. The smallest absolute Gasteiger partial charge is 0.159 e. The molecule has 0 aliphatic carbocycles. The molecular formula is C27H35ClN6O2. The number of morpholine rings is 1. The van der Waals surface area contributed by atoms with Gasteiger partial charge < -0.3 is 14.4 Å². The van der Waals surface area contributed by atoms with Gasteiger partial charge in [-0.25, -0.2) is 14.6 Å². The lowest BCUT2D eigenvalue weighted by atomic mass is 9.88. The molecule has 0 amide bonds. The molecule has 1 aromatic carbocycles. The van der Waals surface area contributed by atoms with Crippen molar-refractivity contribution in [2.45, 2.75) is 64.1 Å². The molecule has 0 radical (unpaired) electrons. The molecule has 0 N–H and O–H groups in total. The standard InChI is InChI=1S/C26H31ClN6O2.CH4/c1-16-29-25(32-13-21-9-20(32)15-35-21)11-26(30-16)33-24-10-22(23(27)8-18(24)12-28-33)17-2-5-31(6-3-17)19-4-7-34-14-19;/h8,10-12,17,19-21H,2-7,9,13-15H2,1H3;1H4. The molecule has 3 unspecified atom stereocenters. The monoisotopic (exact) mass is 510 g/mol. The van der Waals surface area contributed by atoms with E-state index in [1.165, 1.54) is 5.56 Å². The van der Waals surface area contributed by atoms with Crippen LogP contribution in [0.3, 0.4) is 0 Å². The molecule has 2 aromatic heterocycles. The Morgan fingerprint density at radius 3 is 2.56 bits per heavy atom. The second-order valence-electron chi connectivity index (χ2n) is 10.4. The molecular weight excluding hydrogens is 476 g/mol. The van der Waals surface area contributed by atoms with Crippen molar-refractivity contribution in [1.29, 1.82) is 0 Å². The molecule has 6 heterocycles. The molecule has 8 nitrogen and oxygen atoms in total. The average molecular weight is 511 g/mol. The minimum atomic E-state index is 0. The number of anilines is 1. The summed E-state index contributed by atoms with van der Waals surface area (Å²) in [5.41, 5.74) is 2.27. The highest BCUT2D eigenvalue weighted by atomic mass is 35.5. The maximum absolute atomic E-state index is 6.81. The lowest BCUT2D eigenvalue weighted by Gasteiger charge is -2.35. The van der Waals surface area contributed by atoms with Crippen LogP contribution in [0.15, 0.2) is 24.4 Å². The molecule has 7 rings (SSSR count). The summed E-state index contributed by atoms with van der Waals surface area (Å²) in [4.78, 5) is 14.5. The topological polar surface area (TPSA) is 68.5 Å². The SMILES string of the molecule is C.Cc1nc(N2CC3CC2CO3)cc(-n2ncc3cc(Cl)c(C4CCN(C5CCOC5)CC4)cc32)n1. The van der Waals surface area contributed by atoms with E-state index in [2.05, 4.69) is 28.0 Å². The predicted octanol–water partition coefficient (Wildman–Crippen LogP) is 4.36. The van der Waals surface area contributed by atoms with Gasteiger partial charge in [0.25, 0.3) is 0 Å². The van der Waals surface area contributed by atoms with Gasteiger partial charge in [-0.2, -0.15) is 5.10 Å². The van der Waals surface area contributed by atoms with Gasteiger partial charge in [-0.1, -0.05) is 19.0 Å². The van der Waals surface area contributed by atoms with Crippen molar-refractivity contribution in [2.75, 3.05) is 44.4 Å².